The second-order valence-corrected chi connectivity index (χ2v) is 8.99. The molecule has 6 atom stereocenters. The number of ketones is 1. The number of carbonyl (C=O) groups is 2. The lowest BCUT2D eigenvalue weighted by Gasteiger charge is -2.57. The Morgan fingerprint density at radius 2 is 1.96 bits per heavy atom. The number of Topliss-reactive ketones (excluding diaryl/α,β-unsaturated/α-hetero) is 1. The zero-order chi connectivity index (χ0) is 16.4. The van der Waals surface area contributed by atoms with Crippen LogP contribution < -0.4 is 0 Å². The van der Waals surface area contributed by atoms with Crippen molar-refractivity contribution in [1.29, 1.82) is 0 Å². The van der Waals surface area contributed by atoms with E-state index >= 15 is 0 Å². The predicted molar refractivity (Wildman–Crippen MR) is 87.8 cm³/mol. The monoisotopic (exact) mass is 316 g/mol. The fraction of sp³-hybridized carbons (Fsp3) is 0.800. The highest BCUT2D eigenvalue weighted by atomic mass is 16.4. The van der Waals surface area contributed by atoms with Crippen molar-refractivity contribution in [3.8, 4) is 0 Å². The Bertz CT molecular complexity index is 592. The number of carbonyl (C=O) groups excluding carboxylic acids is 1. The van der Waals surface area contributed by atoms with Crippen LogP contribution >= 0.6 is 0 Å². The molecular weight excluding hydrogens is 288 g/mol. The Morgan fingerprint density at radius 3 is 2.70 bits per heavy atom. The van der Waals surface area contributed by atoms with Crippen molar-refractivity contribution in [1.82, 2.24) is 0 Å². The molecule has 6 unspecified atom stereocenters. The Labute approximate surface area is 138 Å². The van der Waals surface area contributed by atoms with E-state index in [1.807, 2.05) is 0 Å². The zero-order valence-electron chi connectivity index (χ0n) is 14.3. The van der Waals surface area contributed by atoms with E-state index in [0.717, 1.165) is 44.9 Å². The minimum absolute atomic E-state index is 0.0147. The van der Waals surface area contributed by atoms with Crippen LogP contribution in [0.25, 0.3) is 0 Å². The van der Waals surface area contributed by atoms with E-state index in [0.29, 0.717) is 30.0 Å². The van der Waals surface area contributed by atoms with Gasteiger partial charge < -0.3 is 5.11 Å². The average molecular weight is 316 g/mol. The van der Waals surface area contributed by atoms with Gasteiger partial charge in [-0.15, -0.1) is 0 Å². The van der Waals surface area contributed by atoms with E-state index in [-0.39, 0.29) is 16.7 Å². The third-order valence-corrected chi connectivity index (χ3v) is 8.23. The molecule has 0 aromatic carbocycles. The minimum Gasteiger partial charge on any atom is -0.481 e. The summed E-state index contributed by atoms with van der Waals surface area (Å²) in [5.74, 6) is 1.49. The normalized spacial score (nSPS) is 49.0. The highest BCUT2D eigenvalue weighted by Crippen LogP contribution is 2.65. The fourth-order valence-corrected chi connectivity index (χ4v) is 6.88. The summed E-state index contributed by atoms with van der Waals surface area (Å²) in [5, 5.41) is 9.63. The van der Waals surface area contributed by atoms with E-state index < -0.39 is 5.97 Å². The minimum atomic E-state index is -0.588. The molecule has 0 amide bonds. The molecule has 3 saturated carbocycles. The molecule has 23 heavy (non-hydrogen) atoms. The lowest BCUT2D eigenvalue weighted by molar-refractivity contribution is -0.149. The van der Waals surface area contributed by atoms with Crippen LogP contribution in [0.15, 0.2) is 11.6 Å². The number of hydrogen-bond acceptors (Lipinski definition) is 2. The largest absolute Gasteiger partial charge is 0.481 e. The first-order valence-electron chi connectivity index (χ1n) is 9.30. The molecule has 0 aliphatic heterocycles. The Morgan fingerprint density at radius 1 is 1.17 bits per heavy atom. The number of fused-ring (bicyclic) bond motifs is 5. The smallest absolute Gasteiger partial charge is 0.307 e. The third kappa shape index (κ3) is 2.01. The van der Waals surface area contributed by atoms with E-state index in [1.165, 1.54) is 5.57 Å². The SMILES string of the molecule is CC12CCC(=O)CC1=CCC1C2CCC2(C)C(C(=O)O)CCC12. The fourth-order valence-electron chi connectivity index (χ4n) is 6.88. The number of carboxylic acid groups (broad SMARTS) is 1. The first-order chi connectivity index (χ1) is 10.9. The molecule has 3 fully saturated rings. The summed E-state index contributed by atoms with van der Waals surface area (Å²) in [5.41, 5.74) is 1.57. The lowest BCUT2D eigenvalue weighted by Crippen LogP contribution is -2.50. The van der Waals surface area contributed by atoms with Gasteiger partial charge in [0.25, 0.3) is 0 Å². The molecule has 0 aromatic heterocycles. The molecule has 0 aromatic rings. The van der Waals surface area contributed by atoms with Gasteiger partial charge in [-0.25, -0.2) is 0 Å². The van der Waals surface area contributed by atoms with Gasteiger partial charge in [0.1, 0.15) is 5.78 Å². The summed E-state index contributed by atoms with van der Waals surface area (Å²) < 4.78 is 0. The summed E-state index contributed by atoms with van der Waals surface area (Å²) in [6.45, 7) is 4.63. The van der Waals surface area contributed by atoms with Crippen LogP contribution in [0.3, 0.4) is 0 Å². The highest BCUT2D eigenvalue weighted by Gasteiger charge is 2.59. The summed E-state index contributed by atoms with van der Waals surface area (Å²) in [6, 6.07) is 0. The molecule has 0 saturated heterocycles. The first-order valence-corrected chi connectivity index (χ1v) is 9.30. The Balaban J connectivity index is 1.67. The molecule has 3 heteroatoms. The summed E-state index contributed by atoms with van der Waals surface area (Å²) >= 11 is 0. The van der Waals surface area contributed by atoms with Crippen molar-refractivity contribution in [2.45, 2.75) is 65.2 Å². The van der Waals surface area contributed by atoms with E-state index in [1.54, 1.807) is 0 Å². The van der Waals surface area contributed by atoms with Crippen molar-refractivity contribution in [2.24, 2.45) is 34.5 Å². The number of allylic oxidation sites excluding steroid dienone is 2. The maximum atomic E-state index is 11.9. The van der Waals surface area contributed by atoms with E-state index in [4.69, 9.17) is 0 Å². The van der Waals surface area contributed by atoms with Crippen LogP contribution in [0.2, 0.25) is 0 Å². The second kappa shape index (κ2) is 4.94. The van der Waals surface area contributed by atoms with Gasteiger partial charge >= 0.3 is 5.97 Å². The number of rotatable bonds is 1. The van der Waals surface area contributed by atoms with Gasteiger partial charge in [-0.05, 0) is 67.1 Å². The predicted octanol–water partition coefficient (Wildman–Crippen LogP) is 4.22. The molecule has 1 N–H and O–H groups in total. The van der Waals surface area contributed by atoms with Crippen molar-refractivity contribution in [3.05, 3.63) is 11.6 Å². The van der Waals surface area contributed by atoms with Gasteiger partial charge in [0, 0.05) is 12.8 Å². The Hall–Kier alpha value is -1.12. The molecule has 4 aliphatic rings. The van der Waals surface area contributed by atoms with Crippen LogP contribution in [0.4, 0.5) is 0 Å². The van der Waals surface area contributed by atoms with Crippen LogP contribution in [-0.4, -0.2) is 16.9 Å². The van der Waals surface area contributed by atoms with Crippen molar-refractivity contribution in [3.63, 3.8) is 0 Å². The van der Waals surface area contributed by atoms with Gasteiger partial charge in [0.2, 0.25) is 0 Å². The Kier molecular flexibility index (Phi) is 3.31. The number of aliphatic carboxylic acids is 1. The van der Waals surface area contributed by atoms with Gasteiger partial charge in [0.05, 0.1) is 5.92 Å². The van der Waals surface area contributed by atoms with Crippen LogP contribution in [-0.2, 0) is 9.59 Å². The van der Waals surface area contributed by atoms with Crippen molar-refractivity contribution in [2.75, 3.05) is 0 Å². The molecule has 0 heterocycles. The molecular formula is C20H28O3. The zero-order valence-corrected chi connectivity index (χ0v) is 14.3. The van der Waals surface area contributed by atoms with Crippen LogP contribution in [0.1, 0.15) is 65.2 Å². The molecule has 126 valence electrons. The molecule has 0 radical (unpaired) electrons. The number of carboxylic acids is 1. The summed E-state index contributed by atoms with van der Waals surface area (Å²) in [7, 11) is 0. The topological polar surface area (TPSA) is 54.4 Å². The van der Waals surface area contributed by atoms with Gasteiger partial charge in [-0.3, -0.25) is 9.59 Å². The summed E-state index contributed by atoms with van der Waals surface area (Å²) in [6.07, 6.45) is 9.95. The average Bonchev–Trinajstić information content (AvgIpc) is 2.85. The van der Waals surface area contributed by atoms with Crippen LogP contribution in [0.5, 0.6) is 0 Å². The maximum Gasteiger partial charge on any atom is 0.307 e. The third-order valence-electron chi connectivity index (χ3n) is 8.23. The molecule has 4 rings (SSSR count). The quantitative estimate of drug-likeness (QED) is 0.737. The first kappa shape index (κ1) is 15.4. The van der Waals surface area contributed by atoms with Gasteiger partial charge in [-0.1, -0.05) is 25.5 Å². The molecule has 4 aliphatic carbocycles. The standard InChI is InChI=1S/C20H28O3/c1-19-9-7-13(21)11-12(19)3-4-14-15-5-6-17(18(22)23)20(15,2)10-8-16(14)19/h3,14-17H,4-11H2,1-2H3,(H,22,23). The summed E-state index contributed by atoms with van der Waals surface area (Å²) in [4.78, 5) is 23.6. The van der Waals surface area contributed by atoms with Crippen LogP contribution in [0, 0.1) is 34.5 Å². The van der Waals surface area contributed by atoms with Crippen molar-refractivity contribution >= 4 is 11.8 Å². The lowest BCUT2D eigenvalue weighted by atomic mass is 9.47. The maximum absolute atomic E-state index is 11.9. The van der Waals surface area contributed by atoms with Gasteiger partial charge in [-0.2, -0.15) is 0 Å². The van der Waals surface area contributed by atoms with Crippen molar-refractivity contribution < 1.29 is 14.7 Å². The van der Waals surface area contributed by atoms with Gasteiger partial charge in [0.15, 0.2) is 0 Å². The highest BCUT2D eigenvalue weighted by molar-refractivity contribution is 5.82. The van der Waals surface area contributed by atoms with E-state index in [2.05, 4.69) is 19.9 Å². The molecule has 0 bridgehead atoms. The van der Waals surface area contributed by atoms with E-state index in [9.17, 15) is 14.7 Å². The number of hydrogen-bond donors (Lipinski definition) is 1. The molecule has 0 spiro atoms. The second-order valence-electron chi connectivity index (χ2n) is 8.99. The molecule has 3 nitrogen and oxygen atoms in total.